The molecule has 0 aliphatic carbocycles. The molecule has 2 rings (SSSR count). The summed E-state index contributed by atoms with van der Waals surface area (Å²) in [7, 11) is 0. The molecule has 0 radical (unpaired) electrons. The molecule has 0 bridgehead atoms. The maximum Gasteiger partial charge on any atom is 0.314 e. The second-order valence-corrected chi connectivity index (χ2v) is 5.09. The van der Waals surface area contributed by atoms with Crippen LogP contribution in [0, 0.1) is 6.92 Å². The summed E-state index contributed by atoms with van der Waals surface area (Å²) in [6.45, 7) is 5.05. The number of nitrogens with one attached hydrogen (secondary N) is 2. The van der Waals surface area contributed by atoms with Crippen molar-refractivity contribution in [1.29, 1.82) is 0 Å². The van der Waals surface area contributed by atoms with E-state index in [0.717, 1.165) is 12.0 Å². The lowest BCUT2D eigenvalue weighted by Crippen LogP contribution is -2.35. The molecule has 22 heavy (non-hydrogen) atoms. The fourth-order valence-corrected chi connectivity index (χ4v) is 1.89. The van der Waals surface area contributed by atoms with Gasteiger partial charge >= 0.3 is 11.8 Å². The van der Waals surface area contributed by atoms with Crippen molar-refractivity contribution in [2.24, 2.45) is 0 Å². The molecule has 0 spiro atoms. The maximum atomic E-state index is 11.7. The normalized spacial score (nSPS) is 10.3. The molecule has 1 aromatic carbocycles. The maximum absolute atomic E-state index is 11.7. The number of nitrogens with zero attached hydrogens (tertiary/aromatic N) is 2. The van der Waals surface area contributed by atoms with E-state index >= 15 is 0 Å². The van der Waals surface area contributed by atoms with Gasteiger partial charge in [0.2, 0.25) is 0 Å². The number of amides is 2. The van der Waals surface area contributed by atoms with E-state index < -0.39 is 11.8 Å². The van der Waals surface area contributed by atoms with Gasteiger partial charge < -0.3 is 10.6 Å². The van der Waals surface area contributed by atoms with Gasteiger partial charge in [0, 0.05) is 18.8 Å². The molecule has 116 valence electrons. The van der Waals surface area contributed by atoms with Crippen molar-refractivity contribution >= 4 is 17.6 Å². The number of anilines is 1. The summed E-state index contributed by atoms with van der Waals surface area (Å²) in [5.41, 5.74) is 2.32. The van der Waals surface area contributed by atoms with E-state index in [4.69, 9.17) is 0 Å². The summed E-state index contributed by atoms with van der Waals surface area (Å²) in [6.07, 6.45) is 2.55. The highest BCUT2D eigenvalue weighted by Gasteiger charge is 2.13. The van der Waals surface area contributed by atoms with Crippen LogP contribution in [0.2, 0.25) is 0 Å². The Morgan fingerprint density at radius 2 is 1.86 bits per heavy atom. The van der Waals surface area contributed by atoms with Gasteiger partial charge in [-0.05, 0) is 18.9 Å². The minimum Gasteiger partial charge on any atom is -0.348 e. The van der Waals surface area contributed by atoms with Crippen LogP contribution in [0.4, 0.5) is 5.82 Å². The molecule has 0 atom stereocenters. The third-order valence-corrected chi connectivity index (χ3v) is 3.09. The second kappa shape index (κ2) is 7.40. The van der Waals surface area contributed by atoms with Gasteiger partial charge in [0.1, 0.15) is 0 Å². The molecule has 0 saturated carbocycles. The van der Waals surface area contributed by atoms with E-state index in [0.29, 0.717) is 18.9 Å². The largest absolute Gasteiger partial charge is 0.348 e. The van der Waals surface area contributed by atoms with Gasteiger partial charge in [0.15, 0.2) is 5.82 Å². The number of hydrogen-bond acceptors (Lipinski definition) is 3. The Kier molecular flexibility index (Phi) is 5.30. The summed E-state index contributed by atoms with van der Waals surface area (Å²) in [6, 6.07) is 9.82. The van der Waals surface area contributed by atoms with Gasteiger partial charge in [0.05, 0.1) is 6.54 Å². The van der Waals surface area contributed by atoms with E-state index in [1.54, 1.807) is 16.9 Å². The second-order valence-electron chi connectivity index (χ2n) is 5.09. The van der Waals surface area contributed by atoms with Crippen LogP contribution < -0.4 is 10.6 Å². The molecule has 0 fully saturated rings. The molecular formula is C16H20N4O2. The van der Waals surface area contributed by atoms with E-state index in [2.05, 4.69) is 15.7 Å². The standard InChI is InChI=1S/C16H20N4O2/c1-3-9-17-15(21)16(22)18-14-8-10-20(19-14)11-13-6-4-12(2)5-7-13/h4-8,10H,3,9,11H2,1-2H3,(H,17,21)(H,18,19,22). The van der Waals surface area contributed by atoms with Crippen molar-refractivity contribution in [3.63, 3.8) is 0 Å². The smallest absolute Gasteiger partial charge is 0.314 e. The minimum atomic E-state index is -0.700. The summed E-state index contributed by atoms with van der Waals surface area (Å²) in [5.74, 6) is -0.979. The van der Waals surface area contributed by atoms with Crippen LogP contribution in [0.5, 0.6) is 0 Å². The van der Waals surface area contributed by atoms with E-state index in [1.807, 2.05) is 38.1 Å². The predicted octanol–water partition coefficient (Wildman–Crippen LogP) is 1.70. The monoisotopic (exact) mass is 300 g/mol. The first-order chi connectivity index (χ1) is 10.6. The number of rotatable bonds is 5. The van der Waals surface area contributed by atoms with Gasteiger partial charge in [-0.15, -0.1) is 0 Å². The third kappa shape index (κ3) is 4.44. The lowest BCUT2D eigenvalue weighted by molar-refractivity contribution is -0.136. The van der Waals surface area contributed by atoms with Crippen molar-refractivity contribution in [3.8, 4) is 0 Å². The highest BCUT2D eigenvalue weighted by Crippen LogP contribution is 2.08. The topological polar surface area (TPSA) is 76.0 Å². The van der Waals surface area contributed by atoms with Crippen molar-refractivity contribution in [2.75, 3.05) is 11.9 Å². The molecule has 0 aliphatic rings. The number of carbonyl (C=O) groups excluding carboxylic acids is 2. The first-order valence-electron chi connectivity index (χ1n) is 7.26. The quantitative estimate of drug-likeness (QED) is 0.825. The number of carbonyl (C=O) groups is 2. The van der Waals surface area contributed by atoms with Gasteiger partial charge in [0.25, 0.3) is 0 Å². The van der Waals surface area contributed by atoms with Gasteiger partial charge in [-0.2, -0.15) is 5.10 Å². The fourth-order valence-electron chi connectivity index (χ4n) is 1.89. The lowest BCUT2D eigenvalue weighted by atomic mass is 10.1. The Morgan fingerprint density at radius 3 is 2.55 bits per heavy atom. The van der Waals surface area contributed by atoms with E-state index in [1.165, 1.54) is 5.56 Å². The molecule has 1 aromatic heterocycles. The molecule has 6 heteroatoms. The average Bonchev–Trinajstić information content (AvgIpc) is 2.94. The zero-order valence-electron chi connectivity index (χ0n) is 12.8. The molecule has 0 saturated heterocycles. The van der Waals surface area contributed by atoms with Crippen LogP contribution in [-0.2, 0) is 16.1 Å². The zero-order chi connectivity index (χ0) is 15.9. The van der Waals surface area contributed by atoms with Crippen molar-refractivity contribution in [2.45, 2.75) is 26.8 Å². The summed E-state index contributed by atoms with van der Waals surface area (Å²) < 4.78 is 1.71. The molecule has 2 amide bonds. The summed E-state index contributed by atoms with van der Waals surface area (Å²) in [5, 5.41) is 9.24. The molecule has 2 aromatic rings. The van der Waals surface area contributed by atoms with Crippen molar-refractivity contribution in [3.05, 3.63) is 47.7 Å². The van der Waals surface area contributed by atoms with Crippen LogP contribution >= 0.6 is 0 Å². The molecule has 1 heterocycles. The summed E-state index contributed by atoms with van der Waals surface area (Å²) >= 11 is 0. The van der Waals surface area contributed by atoms with Crippen LogP contribution in [0.25, 0.3) is 0 Å². The van der Waals surface area contributed by atoms with Gasteiger partial charge in [-0.25, -0.2) is 0 Å². The average molecular weight is 300 g/mol. The van der Waals surface area contributed by atoms with Crippen LogP contribution in [0.3, 0.4) is 0 Å². The highest BCUT2D eigenvalue weighted by atomic mass is 16.2. The molecule has 0 aliphatic heterocycles. The Bertz CT molecular complexity index is 646. The van der Waals surface area contributed by atoms with Crippen molar-refractivity contribution in [1.82, 2.24) is 15.1 Å². The lowest BCUT2D eigenvalue weighted by Gasteiger charge is -2.04. The Labute approximate surface area is 129 Å². The number of hydrogen-bond donors (Lipinski definition) is 2. The first-order valence-corrected chi connectivity index (χ1v) is 7.26. The van der Waals surface area contributed by atoms with Gasteiger partial charge in [-0.3, -0.25) is 14.3 Å². The van der Waals surface area contributed by atoms with E-state index in [-0.39, 0.29) is 0 Å². The molecule has 2 N–H and O–H groups in total. The number of benzene rings is 1. The Balaban J connectivity index is 1.92. The number of aromatic nitrogens is 2. The van der Waals surface area contributed by atoms with Crippen LogP contribution in [0.1, 0.15) is 24.5 Å². The fraction of sp³-hybridized carbons (Fsp3) is 0.312. The molecule has 0 unspecified atom stereocenters. The zero-order valence-corrected chi connectivity index (χ0v) is 12.8. The van der Waals surface area contributed by atoms with Crippen LogP contribution in [-0.4, -0.2) is 28.1 Å². The van der Waals surface area contributed by atoms with Crippen LogP contribution in [0.15, 0.2) is 36.5 Å². The summed E-state index contributed by atoms with van der Waals surface area (Å²) in [4.78, 5) is 23.1. The molecular weight excluding hydrogens is 280 g/mol. The predicted molar refractivity (Wildman–Crippen MR) is 84.4 cm³/mol. The molecule has 6 nitrogen and oxygen atoms in total. The van der Waals surface area contributed by atoms with Crippen molar-refractivity contribution < 1.29 is 9.59 Å². The third-order valence-electron chi connectivity index (χ3n) is 3.09. The Hall–Kier alpha value is -2.63. The SMILES string of the molecule is CCCNC(=O)C(=O)Nc1ccn(Cc2ccc(C)cc2)n1. The number of aryl methyl sites for hydroxylation is 1. The van der Waals surface area contributed by atoms with Gasteiger partial charge in [-0.1, -0.05) is 36.8 Å². The first kappa shape index (κ1) is 15.8. The Morgan fingerprint density at radius 1 is 1.14 bits per heavy atom. The minimum absolute atomic E-state index is 0.365. The highest BCUT2D eigenvalue weighted by molar-refractivity contribution is 6.39. The van der Waals surface area contributed by atoms with E-state index in [9.17, 15) is 9.59 Å².